The second kappa shape index (κ2) is 52.4. The average Bonchev–Trinajstić information content (AvgIpc) is 1.71. The second-order valence-electron chi connectivity index (χ2n) is 31.2. The molecule has 10 atom stereocenters. The number of nitrogens with one attached hydrogen (secondary N) is 9. The average molecular weight is 1770 g/mol. The molecule has 0 radical (unpaired) electrons. The molecule has 0 saturated carbocycles. The van der Waals surface area contributed by atoms with Gasteiger partial charge in [0.15, 0.2) is 5.96 Å². The quantitative estimate of drug-likeness (QED) is 0.0166. The highest BCUT2D eigenvalue weighted by Crippen LogP contribution is 2.25. The molecule has 14 amide bonds. The van der Waals surface area contributed by atoms with Crippen molar-refractivity contribution in [1.29, 1.82) is 0 Å². The lowest BCUT2D eigenvalue weighted by molar-refractivity contribution is -0.145. The van der Waals surface area contributed by atoms with Crippen molar-refractivity contribution in [2.75, 3.05) is 123 Å². The number of hydrogen-bond acceptors (Lipinski definition) is 26. The standard InChI is InChI=1S/C77H122N22O22S2/c1-47(2)39-55(71(114)88-50(67(81)110)24-38-123(3,120)121)87-62(102)42-85-68(111)57(41-49-15-12-37-122-49)93-72(115)56(40-48-13-5-4-6-14-48)92-70(113)51(20-22-60(79)100)89-69(112)52(21-23-61(80)101)90-73(116)58-18-10-28-99(58)76(119)54(16-7-8-25-78)91-74(117)59-19-11-27-98(59)75(118)53(17-9-26-84-77(82)83)86-63(103)43-94-29-31-95(44-64(104)105)33-35-97(46-66(108)109)36-34-96(32-30-94)45-65(106)107/h4-6,12-15,37,47,50-59H,7-11,16-36,38-46,78H2,1-3H3,(H2,79,100)(H2,80,101)(H2,81,110)(H,85,111)(H,86,103)(H,87,102)(H,88,114)(H,89,112)(H,90,116)(H,91,117)(H,92,113)(H,93,115)(H,104,105)(H,106,107)(H,108,109)(H4,82,83,84). The zero-order valence-electron chi connectivity index (χ0n) is 69.7. The number of thiophene rings is 1. The Bertz CT molecular complexity index is 4060. The summed E-state index contributed by atoms with van der Waals surface area (Å²) in [4.78, 5) is 246. The predicted molar refractivity (Wildman–Crippen MR) is 447 cm³/mol. The maximum atomic E-state index is 15.0. The van der Waals surface area contributed by atoms with E-state index in [-0.39, 0.29) is 174 Å². The van der Waals surface area contributed by atoms with Gasteiger partial charge in [0.1, 0.15) is 70.3 Å². The van der Waals surface area contributed by atoms with E-state index in [1.165, 1.54) is 21.1 Å². The molecule has 46 heteroatoms. The summed E-state index contributed by atoms with van der Waals surface area (Å²) in [6.07, 6.45) is -0.404. The van der Waals surface area contributed by atoms with Crippen molar-refractivity contribution in [3.8, 4) is 0 Å². The third-order valence-electron chi connectivity index (χ3n) is 20.6. The molecule has 44 nitrogen and oxygen atoms in total. The van der Waals surface area contributed by atoms with Crippen LogP contribution in [0.2, 0.25) is 0 Å². The molecular formula is C77H122N22O22S2. The minimum Gasteiger partial charge on any atom is -0.480 e. The van der Waals surface area contributed by atoms with Gasteiger partial charge < -0.3 is 107 Å². The van der Waals surface area contributed by atoms with Gasteiger partial charge >= 0.3 is 17.9 Å². The van der Waals surface area contributed by atoms with Gasteiger partial charge in [-0.3, -0.25) is 106 Å². The Morgan fingerprint density at radius 1 is 0.480 bits per heavy atom. The molecule has 684 valence electrons. The predicted octanol–water partition coefficient (Wildman–Crippen LogP) is -7.33. The topological polar surface area (TPSA) is 681 Å². The number of likely N-dealkylation sites (tertiary alicyclic amines) is 2. The number of guanidine groups is 1. The Morgan fingerprint density at radius 2 is 0.919 bits per heavy atom. The molecule has 123 heavy (non-hydrogen) atoms. The molecule has 2 aromatic rings. The number of hydrogen-bond donors (Lipinski definition) is 18. The van der Waals surface area contributed by atoms with Gasteiger partial charge in [0.05, 0.1) is 38.5 Å². The molecule has 0 aliphatic carbocycles. The van der Waals surface area contributed by atoms with Crippen LogP contribution in [0.25, 0.3) is 0 Å². The van der Waals surface area contributed by atoms with Gasteiger partial charge in [0.2, 0.25) is 82.7 Å². The third-order valence-corrected chi connectivity index (χ3v) is 22.4. The summed E-state index contributed by atoms with van der Waals surface area (Å²) in [5.74, 6) is -16.8. The van der Waals surface area contributed by atoms with E-state index in [9.17, 15) is 100 Å². The number of sulfone groups is 1. The number of carbonyl (C=O) groups excluding carboxylic acids is 14. The Hall–Kier alpha value is -11.1. The molecule has 3 aliphatic heterocycles. The fourth-order valence-corrected chi connectivity index (χ4v) is 15.7. The fourth-order valence-electron chi connectivity index (χ4n) is 14.2. The normalized spacial score (nSPS) is 17.7. The number of unbranched alkanes of at least 4 members (excludes halogenated alkanes) is 1. The van der Waals surface area contributed by atoms with Gasteiger partial charge in [-0.15, -0.1) is 11.3 Å². The number of carboxylic acid groups (broad SMARTS) is 3. The zero-order valence-corrected chi connectivity index (χ0v) is 71.4. The van der Waals surface area contributed by atoms with Crippen molar-refractivity contribution >= 4 is 128 Å². The Morgan fingerprint density at radius 3 is 1.37 bits per heavy atom. The number of rotatable bonds is 51. The molecule has 10 unspecified atom stereocenters. The lowest BCUT2D eigenvalue weighted by Gasteiger charge is -2.33. The smallest absolute Gasteiger partial charge is 0.317 e. The molecular weight excluding hydrogens is 1650 g/mol. The van der Waals surface area contributed by atoms with E-state index in [4.69, 9.17) is 34.4 Å². The number of nitrogens with two attached hydrogens (primary N) is 6. The monoisotopic (exact) mass is 1770 g/mol. The van der Waals surface area contributed by atoms with Crippen molar-refractivity contribution < 1.29 is 105 Å². The summed E-state index contributed by atoms with van der Waals surface area (Å²) in [5, 5.41) is 54.2. The minimum absolute atomic E-state index is 0.0101. The number of aliphatic imine (C=N–C) groups is 1. The lowest BCUT2D eigenvalue weighted by Crippen LogP contribution is -2.60. The van der Waals surface area contributed by atoms with E-state index < -0.39 is 222 Å². The molecule has 3 aliphatic rings. The van der Waals surface area contributed by atoms with Gasteiger partial charge in [-0.2, -0.15) is 0 Å². The van der Waals surface area contributed by atoms with Crippen LogP contribution < -0.4 is 82.3 Å². The van der Waals surface area contributed by atoms with Crippen molar-refractivity contribution in [3.63, 3.8) is 0 Å². The van der Waals surface area contributed by atoms with Crippen LogP contribution >= 0.6 is 11.3 Å². The van der Waals surface area contributed by atoms with E-state index in [1.54, 1.807) is 81.3 Å². The summed E-state index contributed by atoms with van der Waals surface area (Å²) in [6, 6.07) is -2.73. The number of primary amides is 3. The first-order valence-electron chi connectivity index (χ1n) is 40.9. The molecule has 0 spiro atoms. The maximum absolute atomic E-state index is 15.0. The van der Waals surface area contributed by atoms with Crippen LogP contribution in [0.1, 0.15) is 121 Å². The van der Waals surface area contributed by atoms with Gasteiger partial charge in [0, 0.05) is 109 Å². The highest BCUT2D eigenvalue weighted by Gasteiger charge is 2.44. The van der Waals surface area contributed by atoms with Crippen LogP contribution in [0.15, 0.2) is 52.8 Å². The minimum atomic E-state index is -3.58. The number of benzene rings is 1. The maximum Gasteiger partial charge on any atom is 0.317 e. The van der Waals surface area contributed by atoms with Crippen LogP contribution in [0.4, 0.5) is 0 Å². The SMILES string of the molecule is CC(C)CC(NC(=O)CNC(=O)C(Cc1cccs1)NC(=O)C(Cc1ccccc1)NC(=O)C(CCC(N)=O)NC(=O)C(CCC(N)=O)NC(=O)C1CCCN1C(=O)C(CCCCN)NC(=O)C1CCCN1C(=O)C(CCCN=C(N)N)NC(=O)CN1CCN(CC(=O)O)CCN(CC(=O)O)CCN(CC(=O)O)CC1)C(=O)NC(CCS(C)(=O)=O)C(N)=O. The van der Waals surface area contributed by atoms with Crippen molar-refractivity contribution in [3.05, 3.63) is 58.3 Å². The Balaban J connectivity index is 1.35. The molecule has 3 fully saturated rings. The van der Waals surface area contributed by atoms with Gasteiger partial charge in [0.25, 0.3) is 0 Å². The van der Waals surface area contributed by atoms with Gasteiger partial charge in [-0.25, -0.2) is 8.42 Å². The lowest BCUT2D eigenvalue weighted by atomic mass is 10.0. The van der Waals surface area contributed by atoms with E-state index in [0.717, 1.165) is 6.26 Å². The largest absolute Gasteiger partial charge is 0.480 e. The summed E-state index contributed by atoms with van der Waals surface area (Å²) in [7, 11) is -3.58. The van der Waals surface area contributed by atoms with Crippen molar-refractivity contribution in [1.82, 2.24) is 77.3 Å². The molecule has 0 bridgehead atoms. The number of amides is 14. The highest BCUT2D eigenvalue weighted by molar-refractivity contribution is 7.90. The first-order chi connectivity index (χ1) is 58.2. The van der Waals surface area contributed by atoms with E-state index in [0.29, 0.717) is 23.3 Å². The van der Waals surface area contributed by atoms with Crippen LogP contribution in [0.5, 0.6) is 0 Å². The van der Waals surface area contributed by atoms with Crippen molar-refractivity contribution in [2.45, 2.75) is 183 Å². The van der Waals surface area contributed by atoms with E-state index in [1.807, 2.05) is 0 Å². The summed E-state index contributed by atoms with van der Waals surface area (Å²) in [6.45, 7) is 2.20. The van der Waals surface area contributed by atoms with Gasteiger partial charge in [-0.05, 0) is 113 Å². The molecule has 5 rings (SSSR count). The third kappa shape index (κ3) is 38.5. The van der Waals surface area contributed by atoms with Crippen LogP contribution in [-0.2, 0) is 104 Å². The van der Waals surface area contributed by atoms with Crippen LogP contribution in [0, 0.1) is 5.92 Å². The molecule has 1 aromatic carbocycles. The summed E-state index contributed by atoms with van der Waals surface area (Å²) in [5.41, 5.74) is 34.2. The second-order valence-corrected chi connectivity index (χ2v) is 34.4. The first-order valence-corrected chi connectivity index (χ1v) is 43.8. The fraction of sp³-hybridized carbons (Fsp3) is 0.636. The molecule has 3 saturated heterocycles. The van der Waals surface area contributed by atoms with E-state index >= 15 is 4.79 Å². The zero-order chi connectivity index (χ0) is 91.0. The molecule has 24 N–H and O–H groups in total. The van der Waals surface area contributed by atoms with Gasteiger partial charge in [-0.1, -0.05) is 50.2 Å². The Kier molecular flexibility index (Phi) is 43.7. The number of carboxylic acids is 3. The summed E-state index contributed by atoms with van der Waals surface area (Å²) >= 11 is 1.22. The van der Waals surface area contributed by atoms with Crippen LogP contribution in [-0.4, -0.2) is 343 Å². The Labute approximate surface area is 717 Å². The van der Waals surface area contributed by atoms with Crippen molar-refractivity contribution in [2.24, 2.45) is 45.3 Å². The number of aliphatic carboxylic acids is 3. The molecule has 4 heterocycles. The molecule has 1 aromatic heterocycles. The summed E-state index contributed by atoms with van der Waals surface area (Å²) < 4.78 is 23.7. The van der Waals surface area contributed by atoms with Crippen LogP contribution in [0.3, 0.4) is 0 Å². The highest BCUT2D eigenvalue weighted by atomic mass is 32.2. The number of carbonyl (C=O) groups is 17. The number of nitrogens with zero attached hydrogens (tertiary/aromatic N) is 7. The van der Waals surface area contributed by atoms with E-state index in [2.05, 4.69) is 52.8 Å². The first kappa shape index (κ1) is 102.